The lowest BCUT2D eigenvalue weighted by Gasteiger charge is -2.12. The van der Waals surface area contributed by atoms with Crippen molar-refractivity contribution in [2.24, 2.45) is 0 Å². The normalized spacial score (nSPS) is 12.2. The lowest BCUT2D eigenvalue weighted by Crippen LogP contribution is -2.25. The third-order valence-corrected chi connectivity index (χ3v) is 6.48. The molecule has 1 unspecified atom stereocenters. The van der Waals surface area contributed by atoms with Gasteiger partial charge in [0.15, 0.2) is 11.2 Å². The SMILES string of the molecule is O=c1c2nnn(-c3ccccc3)c2nc(S(=O)c2cccc(Cl)c2)n1-c1ccc(Cl)cc1. The maximum absolute atomic E-state index is 13.6. The van der Waals surface area contributed by atoms with Gasteiger partial charge in [-0.2, -0.15) is 9.67 Å². The highest BCUT2D eigenvalue weighted by Gasteiger charge is 2.23. The standard InChI is InChI=1S/C22H13Cl2N5O2S/c23-14-9-11-16(12-10-14)28-21(30)19-20(29(27-26-19)17-6-2-1-3-7-17)25-22(28)32(31)18-8-4-5-15(24)13-18/h1-13H. The topological polar surface area (TPSA) is 82.7 Å². The summed E-state index contributed by atoms with van der Waals surface area (Å²) in [5.41, 5.74) is 0.886. The molecule has 0 spiro atoms. The van der Waals surface area contributed by atoms with E-state index in [1.54, 1.807) is 48.5 Å². The first-order chi connectivity index (χ1) is 15.5. The van der Waals surface area contributed by atoms with E-state index in [0.717, 1.165) is 0 Å². The fourth-order valence-corrected chi connectivity index (χ4v) is 4.77. The van der Waals surface area contributed by atoms with Gasteiger partial charge in [0.05, 0.1) is 11.4 Å². The number of benzene rings is 3. The molecule has 7 nitrogen and oxygen atoms in total. The van der Waals surface area contributed by atoms with Crippen molar-refractivity contribution in [1.29, 1.82) is 0 Å². The van der Waals surface area contributed by atoms with E-state index in [4.69, 9.17) is 23.2 Å². The van der Waals surface area contributed by atoms with Crippen molar-refractivity contribution < 1.29 is 4.21 Å². The summed E-state index contributed by atoms with van der Waals surface area (Å²) in [6.07, 6.45) is 0. The molecule has 32 heavy (non-hydrogen) atoms. The van der Waals surface area contributed by atoms with Gasteiger partial charge in [-0.3, -0.25) is 9.36 Å². The van der Waals surface area contributed by atoms with Crippen LogP contribution in [0.15, 0.2) is 93.7 Å². The summed E-state index contributed by atoms with van der Waals surface area (Å²) in [4.78, 5) is 18.5. The first-order valence-electron chi connectivity index (χ1n) is 9.40. The van der Waals surface area contributed by atoms with Crippen molar-refractivity contribution in [2.75, 3.05) is 0 Å². The number of rotatable bonds is 4. The molecule has 0 fully saturated rings. The Morgan fingerprint density at radius 1 is 0.812 bits per heavy atom. The van der Waals surface area contributed by atoms with Crippen molar-refractivity contribution in [3.05, 3.63) is 99.3 Å². The molecule has 5 rings (SSSR count). The minimum Gasteiger partial charge on any atom is -0.266 e. The van der Waals surface area contributed by atoms with Crippen LogP contribution in [-0.4, -0.2) is 28.8 Å². The molecule has 0 bridgehead atoms. The molecule has 0 saturated heterocycles. The summed E-state index contributed by atoms with van der Waals surface area (Å²) in [7, 11) is -1.82. The molecule has 0 N–H and O–H groups in total. The molecule has 0 amide bonds. The molecule has 0 radical (unpaired) electrons. The van der Waals surface area contributed by atoms with Crippen molar-refractivity contribution in [3.8, 4) is 11.4 Å². The molecule has 2 aromatic heterocycles. The number of hydrogen-bond donors (Lipinski definition) is 0. The maximum atomic E-state index is 13.6. The highest BCUT2D eigenvalue weighted by molar-refractivity contribution is 7.85. The van der Waals surface area contributed by atoms with Crippen LogP contribution >= 0.6 is 23.2 Å². The van der Waals surface area contributed by atoms with E-state index < -0.39 is 16.4 Å². The zero-order valence-corrected chi connectivity index (χ0v) is 18.6. The average Bonchev–Trinajstić information content (AvgIpc) is 3.24. The van der Waals surface area contributed by atoms with Gasteiger partial charge in [-0.05, 0) is 54.6 Å². The Hall–Kier alpha value is -3.33. The van der Waals surface area contributed by atoms with Gasteiger partial charge in [0, 0.05) is 14.9 Å². The van der Waals surface area contributed by atoms with E-state index in [1.165, 1.54) is 9.25 Å². The zero-order chi connectivity index (χ0) is 22.2. The Morgan fingerprint density at radius 3 is 2.28 bits per heavy atom. The number of halogens is 2. The van der Waals surface area contributed by atoms with Crippen molar-refractivity contribution >= 4 is 45.2 Å². The Bertz CT molecular complexity index is 1530. The third-order valence-electron chi connectivity index (χ3n) is 4.71. The minimum absolute atomic E-state index is 0.0200. The van der Waals surface area contributed by atoms with E-state index in [0.29, 0.717) is 26.3 Å². The molecule has 0 saturated carbocycles. The van der Waals surface area contributed by atoms with Gasteiger partial charge in [0.2, 0.25) is 5.16 Å². The van der Waals surface area contributed by atoms with E-state index in [1.807, 2.05) is 30.3 Å². The second-order valence-electron chi connectivity index (χ2n) is 6.75. The van der Waals surface area contributed by atoms with Gasteiger partial charge >= 0.3 is 0 Å². The number of fused-ring (bicyclic) bond motifs is 1. The summed E-state index contributed by atoms with van der Waals surface area (Å²) < 4.78 is 16.3. The van der Waals surface area contributed by atoms with Crippen LogP contribution in [0.1, 0.15) is 0 Å². The fraction of sp³-hybridized carbons (Fsp3) is 0. The van der Waals surface area contributed by atoms with Gasteiger partial charge in [0.1, 0.15) is 10.8 Å². The van der Waals surface area contributed by atoms with Crippen molar-refractivity contribution in [1.82, 2.24) is 24.5 Å². The molecule has 0 aliphatic heterocycles. The number of hydrogen-bond acceptors (Lipinski definition) is 5. The smallest absolute Gasteiger partial charge is 0.266 e. The largest absolute Gasteiger partial charge is 0.289 e. The molecule has 0 aliphatic rings. The van der Waals surface area contributed by atoms with Crippen LogP contribution in [0.3, 0.4) is 0 Å². The molecule has 158 valence electrons. The maximum Gasteiger partial charge on any atom is 0.289 e. The van der Waals surface area contributed by atoms with Gasteiger partial charge in [-0.15, -0.1) is 5.10 Å². The van der Waals surface area contributed by atoms with Crippen LogP contribution in [0.4, 0.5) is 0 Å². The zero-order valence-electron chi connectivity index (χ0n) is 16.2. The third kappa shape index (κ3) is 3.62. The second-order valence-corrected chi connectivity index (χ2v) is 8.99. The predicted octanol–water partition coefficient (Wildman–Crippen LogP) is 4.44. The van der Waals surface area contributed by atoms with E-state index in [2.05, 4.69) is 15.3 Å². The Morgan fingerprint density at radius 2 is 1.56 bits per heavy atom. The number of nitrogens with zero attached hydrogens (tertiary/aromatic N) is 5. The minimum atomic E-state index is -1.82. The van der Waals surface area contributed by atoms with Gasteiger partial charge in [-0.1, -0.05) is 52.7 Å². The van der Waals surface area contributed by atoms with Gasteiger partial charge in [-0.25, -0.2) is 4.21 Å². The first kappa shape index (κ1) is 20.6. The lowest BCUT2D eigenvalue weighted by molar-refractivity contribution is 0.666. The molecule has 1 atom stereocenters. The summed E-state index contributed by atoms with van der Waals surface area (Å²) in [5.74, 6) is 0. The summed E-state index contributed by atoms with van der Waals surface area (Å²) in [6.45, 7) is 0. The molecular formula is C22H13Cl2N5O2S. The lowest BCUT2D eigenvalue weighted by atomic mass is 10.3. The Kier molecular flexibility index (Phi) is 5.34. The number of aromatic nitrogens is 5. The predicted molar refractivity (Wildman–Crippen MR) is 123 cm³/mol. The molecule has 0 aliphatic carbocycles. The van der Waals surface area contributed by atoms with Crippen LogP contribution < -0.4 is 5.56 Å². The van der Waals surface area contributed by atoms with E-state index in [9.17, 15) is 9.00 Å². The van der Waals surface area contributed by atoms with Crippen LogP contribution in [0.25, 0.3) is 22.5 Å². The van der Waals surface area contributed by atoms with Crippen LogP contribution in [0, 0.1) is 0 Å². The summed E-state index contributed by atoms with van der Waals surface area (Å²) in [5, 5.41) is 9.12. The Labute approximate surface area is 194 Å². The van der Waals surface area contributed by atoms with Crippen LogP contribution in [0.2, 0.25) is 10.0 Å². The molecule has 10 heteroatoms. The van der Waals surface area contributed by atoms with Crippen molar-refractivity contribution in [2.45, 2.75) is 10.1 Å². The number of para-hydroxylation sites is 1. The fourth-order valence-electron chi connectivity index (χ4n) is 3.22. The molecular weight excluding hydrogens is 469 g/mol. The molecule has 2 heterocycles. The summed E-state index contributed by atoms with van der Waals surface area (Å²) in [6, 6.07) is 22.4. The highest BCUT2D eigenvalue weighted by Crippen LogP contribution is 2.23. The van der Waals surface area contributed by atoms with Gasteiger partial charge < -0.3 is 0 Å². The van der Waals surface area contributed by atoms with E-state index in [-0.39, 0.29) is 16.3 Å². The summed E-state index contributed by atoms with van der Waals surface area (Å²) >= 11 is 12.1. The van der Waals surface area contributed by atoms with Crippen LogP contribution in [0.5, 0.6) is 0 Å². The van der Waals surface area contributed by atoms with Gasteiger partial charge in [0.25, 0.3) is 5.56 Å². The average molecular weight is 482 g/mol. The molecule has 5 aromatic rings. The quantitative estimate of drug-likeness (QED) is 0.354. The van der Waals surface area contributed by atoms with Crippen LogP contribution in [-0.2, 0) is 10.8 Å². The van der Waals surface area contributed by atoms with Crippen molar-refractivity contribution in [3.63, 3.8) is 0 Å². The first-order valence-corrected chi connectivity index (χ1v) is 11.3. The Balaban J connectivity index is 1.82. The monoisotopic (exact) mass is 481 g/mol. The molecule has 3 aromatic carbocycles. The second kappa shape index (κ2) is 8.31. The highest BCUT2D eigenvalue weighted by atomic mass is 35.5. The van der Waals surface area contributed by atoms with E-state index >= 15 is 0 Å².